The van der Waals surface area contributed by atoms with Crippen LogP contribution in [0.4, 0.5) is 8.78 Å². The standard InChI is InChI=1S/C19H16F2N4O2/c20-14-7-5-12(6-8-14)17-10-25-16(11-27-17)18(23-24-25)19(26)22-9-13-3-1-2-4-15(13)21/h1-8,17H,9-11H2,(H,22,26)/t17-/m1/s1. The van der Waals surface area contributed by atoms with Crippen LogP contribution in [0.25, 0.3) is 0 Å². The number of carbonyl (C=O) groups excluding carboxylic acids is 1. The fourth-order valence-electron chi connectivity index (χ4n) is 2.97. The second-order valence-corrected chi connectivity index (χ2v) is 6.19. The van der Waals surface area contributed by atoms with Gasteiger partial charge in [0.2, 0.25) is 0 Å². The van der Waals surface area contributed by atoms with Crippen LogP contribution >= 0.6 is 0 Å². The molecule has 3 aromatic rings. The Morgan fingerprint density at radius 1 is 1.19 bits per heavy atom. The number of ether oxygens (including phenoxy) is 1. The highest BCUT2D eigenvalue weighted by atomic mass is 19.1. The first-order valence-electron chi connectivity index (χ1n) is 8.43. The average molecular weight is 370 g/mol. The van der Waals surface area contributed by atoms with Gasteiger partial charge in [-0.25, -0.2) is 13.5 Å². The highest BCUT2D eigenvalue weighted by Gasteiger charge is 2.27. The molecule has 0 fully saturated rings. The summed E-state index contributed by atoms with van der Waals surface area (Å²) in [6, 6.07) is 12.3. The summed E-state index contributed by atoms with van der Waals surface area (Å²) in [6.07, 6.45) is -0.297. The Labute approximate surface area is 153 Å². The van der Waals surface area contributed by atoms with Crippen molar-refractivity contribution < 1.29 is 18.3 Å². The van der Waals surface area contributed by atoms with Crippen LogP contribution in [0.1, 0.15) is 33.4 Å². The summed E-state index contributed by atoms with van der Waals surface area (Å²) in [5.41, 5.74) is 1.92. The molecule has 1 amide bonds. The molecule has 1 aliphatic heterocycles. The van der Waals surface area contributed by atoms with Crippen molar-refractivity contribution in [3.8, 4) is 0 Å². The van der Waals surface area contributed by atoms with E-state index in [1.165, 1.54) is 18.2 Å². The highest BCUT2D eigenvalue weighted by molar-refractivity contribution is 5.93. The molecule has 27 heavy (non-hydrogen) atoms. The van der Waals surface area contributed by atoms with E-state index < -0.39 is 5.91 Å². The molecule has 2 heterocycles. The molecule has 0 unspecified atom stereocenters. The average Bonchev–Trinajstić information content (AvgIpc) is 3.11. The Kier molecular flexibility index (Phi) is 4.64. The van der Waals surface area contributed by atoms with Gasteiger partial charge in [0, 0.05) is 12.1 Å². The lowest BCUT2D eigenvalue weighted by molar-refractivity contribution is -0.00180. The summed E-state index contributed by atoms with van der Waals surface area (Å²) in [4.78, 5) is 12.4. The molecule has 0 aliphatic carbocycles. The second kappa shape index (κ2) is 7.24. The molecular weight excluding hydrogens is 354 g/mol. The van der Waals surface area contributed by atoms with Gasteiger partial charge in [0.1, 0.15) is 17.7 Å². The number of amides is 1. The number of hydrogen-bond donors (Lipinski definition) is 1. The number of rotatable bonds is 4. The van der Waals surface area contributed by atoms with Gasteiger partial charge >= 0.3 is 0 Å². The van der Waals surface area contributed by atoms with Gasteiger partial charge in [-0.15, -0.1) is 5.10 Å². The number of hydrogen-bond acceptors (Lipinski definition) is 4. The Bertz CT molecular complexity index is 972. The third-order valence-corrected chi connectivity index (χ3v) is 4.45. The zero-order valence-corrected chi connectivity index (χ0v) is 14.2. The first-order valence-corrected chi connectivity index (χ1v) is 8.43. The molecule has 0 saturated carbocycles. The minimum Gasteiger partial charge on any atom is -0.365 e. The molecule has 2 aromatic carbocycles. The molecule has 1 aliphatic rings. The van der Waals surface area contributed by atoms with Crippen LogP contribution < -0.4 is 5.32 Å². The fraction of sp³-hybridized carbons (Fsp3) is 0.211. The summed E-state index contributed by atoms with van der Waals surface area (Å²) >= 11 is 0. The van der Waals surface area contributed by atoms with Gasteiger partial charge in [-0.1, -0.05) is 35.5 Å². The monoisotopic (exact) mass is 370 g/mol. The summed E-state index contributed by atoms with van der Waals surface area (Å²) < 4.78 is 34.1. The Morgan fingerprint density at radius 2 is 1.96 bits per heavy atom. The maximum atomic E-state index is 13.7. The first-order chi connectivity index (χ1) is 13.1. The van der Waals surface area contributed by atoms with Gasteiger partial charge in [-0.2, -0.15) is 0 Å². The lowest BCUT2D eigenvalue weighted by atomic mass is 10.1. The summed E-state index contributed by atoms with van der Waals surface area (Å²) in [6.45, 7) is 0.572. The predicted molar refractivity (Wildman–Crippen MR) is 91.5 cm³/mol. The number of aromatic nitrogens is 3. The number of nitrogens with one attached hydrogen (secondary N) is 1. The number of benzene rings is 2. The van der Waals surface area contributed by atoms with E-state index in [0.29, 0.717) is 17.8 Å². The predicted octanol–water partition coefficient (Wildman–Crippen LogP) is 2.76. The van der Waals surface area contributed by atoms with Crippen molar-refractivity contribution in [3.63, 3.8) is 0 Å². The van der Waals surface area contributed by atoms with Gasteiger partial charge in [0.05, 0.1) is 18.8 Å². The molecular formula is C19H16F2N4O2. The molecule has 0 radical (unpaired) electrons. The van der Waals surface area contributed by atoms with Crippen molar-refractivity contribution in [2.45, 2.75) is 25.8 Å². The Morgan fingerprint density at radius 3 is 2.74 bits per heavy atom. The van der Waals surface area contributed by atoms with Gasteiger partial charge in [0.15, 0.2) is 5.69 Å². The molecule has 0 bridgehead atoms. The molecule has 0 saturated heterocycles. The van der Waals surface area contributed by atoms with Crippen LogP contribution in [-0.4, -0.2) is 20.9 Å². The Hall–Kier alpha value is -3.13. The molecule has 138 valence electrons. The minimum absolute atomic E-state index is 0.0524. The van der Waals surface area contributed by atoms with Crippen molar-refractivity contribution in [1.82, 2.24) is 20.3 Å². The van der Waals surface area contributed by atoms with Crippen molar-refractivity contribution in [1.29, 1.82) is 0 Å². The maximum absolute atomic E-state index is 13.7. The van der Waals surface area contributed by atoms with Crippen molar-refractivity contribution >= 4 is 5.91 Å². The molecule has 1 N–H and O–H groups in total. The normalized spacial score (nSPS) is 16.0. The van der Waals surface area contributed by atoms with Gasteiger partial charge in [-0.05, 0) is 23.8 Å². The van der Waals surface area contributed by atoms with E-state index in [2.05, 4.69) is 15.6 Å². The van der Waals surface area contributed by atoms with E-state index in [0.717, 1.165) is 5.56 Å². The van der Waals surface area contributed by atoms with E-state index in [1.807, 2.05) is 0 Å². The maximum Gasteiger partial charge on any atom is 0.274 e. The molecule has 6 nitrogen and oxygen atoms in total. The van der Waals surface area contributed by atoms with E-state index in [4.69, 9.17) is 4.74 Å². The van der Waals surface area contributed by atoms with Gasteiger partial charge in [-0.3, -0.25) is 4.79 Å². The second-order valence-electron chi connectivity index (χ2n) is 6.19. The van der Waals surface area contributed by atoms with Gasteiger partial charge in [0.25, 0.3) is 5.91 Å². The van der Waals surface area contributed by atoms with Crippen LogP contribution in [0, 0.1) is 11.6 Å². The molecule has 8 heteroatoms. The van der Waals surface area contributed by atoms with E-state index in [1.54, 1.807) is 35.0 Å². The lowest BCUT2D eigenvalue weighted by Gasteiger charge is -2.24. The van der Waals surface area contributed by atoms with Crippen LogP contribution in [-0.2, 0) is 24.4 Å². The van der Waals surface area contributed by atoms with Crippen LogP contribution in [0.2, 0.25) is 0 Å². The summed E-state index contributed by atoms with van der Waals surface area (Å²) in [5, 5.41) is 10.6. The van der Waals surface area contributed by atoms with Crippen molar-refractivity contribution in [2.75, 3.05) is 0 Å². The summed E-state index contributed by atoms with van der Waals surface area (Å²) in [5.74, 6) is -1.14. The Balaban J connectivity index is 1.45. The topological polar surface area (TPSA) is 69.0 Å². The van der Waals surface area contributed by atoms with E-state index in [-0.39, 0.29) is 36.6 Å². The zero-order chi connectivity index (χ0) is 18.8. The molecule has 1 atom stereocenters. The number of carbonyl (C=O) groups is 1. The van der Waals surface area contributed by atoms with E-state index >= 15 is 0 Å². The van der Waals surface area contributed by atoms with Crippen molar-refractivity contribution in [3.05, 3.63) is 82.7 Å². The smallest absolute Gasteiger partial charge is 0.274 e. The number of halogens is 2. The third kappa shape index (κ3) is 3.56. The quantitative estimate of drug-likeness (QED) is 0.767. The van der Waals surface area contributed by atoms with Crippen LogP contribution in [0.15, 0.2) is 48.5 Å². The van der Waals surface area contributed by atoms with Gasteiger partial charge < -0.3 is 10.1 Å². The lowest BCUT2D eigenvalue weighted by Crippen LogP contribution is -2.27. The first kappa shape index (κ1) is 17.3. The molecule has 4 rings (SSSR count). The number of fused-ring (bicyclic) bond motifs is 1. The number of nitrogens with zero attached hydrogens (tertiary/aromatic N) is 3. The van der Waals surface area contributed by atoms with Crippen LogP contribution in [0.3, 0.4) is 0 Å². The third-order valence-electron chi connectivity index (χ3n) is 4.45. The summed E-state index contributed by atoms with van der Waals surface area (Å²) in [7, 11) is 0. The highest BCUT2D eigenvalue weighted by Crippen LogP contribution is 2.27. The zero-order valence-electron chi connectivity index (χ0n) is 14.2. The van der Waals surface area contributed by atoms with Crippen LogP contribution in [0.5, 0.6) is 0 Å². The van der Waals surface area contributed by atoms with Crippen molar-refractivity contribution in [2.24, 2.45) is 0 Å². The molecule has 1 aromatic heterocycles. The minimum atomic E-state index is -0.441. The SMILES string of the molecule is O=C(NCc1ccccc1F)c1nnn2c1CO[C@@H](c1ccc(F)cc1)C2. The largest absolute Gasteiger partial charge is 0.365 e. The molecule has 0 spiro atoms. The fourth-order valence-corrected chi connectivity index (χ4v) is 2.97. The van der Waals surface area contributed by atoms with E-state index in [9.17, 15) is 13.6 Å².